The van der Waals surface area contributed by atoms with Crippen molar-refractivity contribution in [2.45, 2.75) is 12.5 Å². The van der Waals surface area contributed by atoms with Gasteiger partial charge in [0.2, 0.25) is 5.76 Å². The second-order valence-corrected chi connectivity index (χ2v) is 7.93. The fraction of sp³-hybridized carbons (Fsp3) is 0.333. The van der Waals surface area contributed by atoms with Crippen LogP contribution in [0.4, 0.5) is 4.39 Å². The molecule has 1 fully saturated rings. The highest BCUT2D eigenvalue weighted by Gasteiger charge is 2.42. The third-order valence-electron chi connectivity index (χ3n) is 6.02. The molecule has 3 heterocycles. The summed E-state index contributed by atoms with van der Waals surface area (Å²) < 4.78 is 25.1. The molecular weight excluding hydrogens is 399 g/mol. The van der Waals surface area contributed by atoms with Gasteiger partial charge in [-0.25, -0.2) is 4.39 Å². The molecule has 0 unspecified atom stereocenters. The first-order valence-corrected chi connectivity index (χ1v) is 10.6. The number of carbonyl (C=O) groups is 1. The lowest BCUT2D eigenvalue weighted by Gasteiger charge is -2.29. The van der Waals surface area contributed by atoms with Crippen molar-refractivity contribution in [3.05, 3.63) is 81.5 Å². The molecule has 1 aromatic heterocycles. The second-order valence-electron chi connectivity index (χ2n) is 7.93. The molecule has 2 aromatic carbocycles. The van der Waals surface area contributed by atoms with Crippen LogP contribution < -0.4 is 5.43 Å². The van der Waals surface area contributed by atoms with Crippen molar-refractivity contribution in [2.75, 3.05) is 39.4 Å². The zero-order valence-electron chi connectivity index (χ0n) is 17.1. The van der Waals surface area contributed by atoms with Gasteiger partial charge < -0.3 is 14.1 Å². The summed E-state index contributed by atoms with van der Waals surface area (Å²) in [6, 6.07) is 12.7. The standard InChI is InChI=1S/C24H23FN2O4/c25-17-7-8-19-18(15-17)22(28)20-21(16-5-2-1-3-6-16)27(24(29)23(20)31-19)10-4-9-26-11-13-30-14-12-26/h1-3,5-8,15,21H,4,9-14H2/t21-/m0/s1. The second kappa shape index (κ2) is 8.24. The average molecular weight is 422 g/mol. The van der Waals surface area contributed by atoms with Crippen LogP contribution in [0.3, 0.4) is 0 Å². The van der Waals surface area contributed by atoms with Crippen molar-refractivity contribution in [1.82, 2.24) is 9.80 Å². The summed E-state index contributed by atoms with van der Waals surface area (Å²) in [5.74, 6) is -0.749. The van der Waals surface area contributed by atoms with E-state index < -0.39 is 11.9 Å². The summed E-state index contributed by atoms with van der Waals surface area (Å²) in [5.41, 5.74) is 0.999. The number of hydrogen-bond acceptors (Lipinski definition) is 5. The average Bonchev–Trinajstić information content (AvgIpc) is 3.08. The molecule has 2 aliphatic heterocycles. The minimum absolute atomic E-state index is 0.0596. The van der Waals surface area contributed by atoms with Gasteiger partial charge in [0.1, 0.15) is 11.4 Å². The van der Waals surface area contributed by atoms with Gasteiger partial charge in [-0.1, -0.05) is 30.3 Å². The Morgan fingerprint density at radius 2 is 1.77 bits per heavy atom. The first-order chi connectivity index (χ1) is 15.1. The zero-order valence-corrected chi connectivity index (χ0v) is 17.1. The van der Waals surface area contributed by atoms with Gasteiger partial charge in [0, 0.05) is 26.2 Å². The van der Waals surface area contributed by atoms with Crippen LogP contribution in [0, 0.1) is 5.82 Å². The summed E-state index contributed by atoms with van der Waals surface area (Å²) >= 11 is 0. The van der Waals surface area contributed by atoms with E-state index >= 15 is 0 Å². The Hall–Kier alpha value is -3.03. The van der Waals surface area contributed by atoms with Crippen LogP contribution in [0.15, 0.2) is 57.7 Å². The van der Waals surface area contributed by atoms with E-state index in [1.807, 2.05) is 30.3 Å². The van der Waals surface area contributed by atoms with Crippen LogP contribution >= 0.6 is 0 Å². The lowest BCUT2D eigenvalue weighted by atomic mass is 9.98. The van der Waals surface area contributed by atoms with Gasteiger partial charge in [0.05, 0.1) is 30.2 Å². The van der Waals surface area contributed by atoms with Crippen molar-refractivity contribution < 1.29 is 18.3 Å². The molecule has 5 rings (SSSR count). The fourth-order valence-electron chi connectivity index (χ4n) is 4.49. The number of halogens is 1. The molecule has 7 heteroatoms. The minimum atomic E-state index is -0.544. The minimum Gasteiger partial charge on any atom is -0.450 e. The molecule has 3 aromatic rings. The highest BCUT2D eigenvalue weighted by atomic mass is 19.1. The molecule has 1 atom stereocenters. The number of nitrogens with zero attached hydrogens (tertiary/aromatic N) is 2. The molecule has 2 aliphatic rings. The van der Waals surface area contributed by atoms with E-state index in [-0.39, 0.29) is 28.1 Å². The molecule has 0 radical (unpaired) electrons. The van der Waals surface area contributed by atoms with E-state index in [1.165, 1.54) is 18.2 Å². The summed E-state index contributed by atoms with van der Waals surface area (Å²) in [4.78, 5) is 30.7. The number of rotatable bonds is 5. The Labute approximate surface area is 178 Å². The third kappa shape index (κ3) is 3.64. The lowest BCUT2D eigenvalue weighted by Crippen LogP contribution is -2.38. The van der Waals surface area contributed by atoms with Gasteiger partial charge in [0.15, 0.2) is 5.43 Å². The van der Waals surface area contributed by atoms with Crippen LogP contribution in [0.5, 0.6) is 0 Å². The Morgan fingerprint density at radius 3 is 2.55 bits per heavy atom. The van der Waals surface area contributed by atoms with Crippen molar-refractivity contribution in [3.8, 4) is 0 Å². The van der Waals surface area contributed by atoms with Gasteiger partial charge in [-0.3, -0.25) is 14.5 Å². The van der Waals surface area contributed by atoms with Gasteiger partial charge >= 0.3 is 0 Å². The SMILES string of the molecule is O=C1c2oc3ccc(F)cc3c(=O)c2[C@H](c2ccccc2)N1CCCN1CCOCC1. The Balaban J connectivity index is 1.52. The highest BCUT2D eigenvalue weighted by Crippen LogP contribution is 2.38. The number of benzene rings is 2. The van der Waals surface area contributed by atoms with E-state index in [4.69, 9.17) is 9.15 Å². The maximum absolute atomic E-state index is 13.8. The molecule has 0 aliphatic carbocycles. The normalized spacial score (nSPS) is 19.2. The third-order valence-corrected chi connectivity index (χ3v) is 6.02. The van der Waals surface area contributed by atoms with Crippen LogP contribution in [0.1, 0.15) is 34.1 Å². The van der Waals surface area contributed by atoms with Crippen molar-refractivity contribution in [2.24, 2.45) is 0 Å². The zero-order chi connectivity index (χ0) is 21.4. The maximum atomic E-state index is 13.8. The molecule has 160 valence electrons. The van der Waals surface area contributed by atoms with Crippen LogP contribution in [-0.2, 0) is 4.74 Å². The lowest BCUT2D eigenvalue weighted by molar-refractivity contribution is 0.0353. The molecule has 1 amide bonds. The van der Waals surface area contributed by atoms with Gasteiger partial charge in [-0.15, -0.1) is 0 Å². The number of amides is 1. The van der Waals surface area contributed by atoms with E-state index in [0.717, 1.165) is 44.8 Å². The van der Waals surface area contributed by atoms with Gasteiger partial charge in [0.25, 0.3) is 5.91 Å². The fourth-order valence-corrected chi connectivity index (χ4v) is 4.49. The summed E-state index contributed by atoms with van der Waals surface area (Å²) in [7, 11) is 0. The van der Waals surface area contributed by atoms with Crippen LogP contribution in [0.2, 0.25) is 0 Å². The smallest absolute Gasteiger partial charge is 0.290 e. The summed E-state index contributed by atoms with van der Waals surface area (Å²) in [6.45, 7) is 4.55. The molecule has 0 N–H and O–H groups in total. The molecule has 31 heavy (non-hydrogen) atoms. The summed E-state index contributed by atoms with van der Waals surface area (Å²) in [6.07, 6.45) is 0.769. The predicted octanol–water partition coefficient (Wildman–Crippen LogP) is 3.20. The predicted molar refractivity (Wildman–Crippen MR) is 114 cm³/mol. The molecule has 0 bridgehead atoms. The number of carbonyl (C=O) groups excluding carboxylic acids is 1. The van der Waals surface area contributed by atoms with Crippen molar-refractivity contribution in [1.29, 1.82) is 0 Å². The van der Waals surface area contributed by atoms with Crippen LogP contribution in [0.25, 0.3) is 11.0 Å². The molecule has 6 nitrogen and oxygen atoms in total. The molecule has 0 spiro atoms. The van der Waals surface area contributed by atoms with Crippen molar-refractivity contribution >= 4 is 16.9 Å². The van der Waals surface area contributed by atoms with Gasteiger partial charge in [-0.05, 0) is 30.2 Å². The van der Waals surface area contributed by atoms with E-state index in [9.17, 15) is 14.0 Å². The van der Waals surface area contributed by atoms with Gasteiger partial charge in [-0.2, -0.15) is 0 Å². The summed E-state index contributed by atoms with van der Waals surface area (Å²) in [5, 5.41) is 0.155. The Kier molecular flexibility index (Phi) is 5.29. The van der Waals surface area contributed by atoms with E-state index in [2.05, 4.69) is 4.90 Å². The Morgan fingerprint density at radius 1 is 1.00 bits per heavy atom. The molecule has 1 saturated heterocycles. The monoisotopic (exact) mass is 422 g/mol. The molecular formula is C24H23FN2O4. The van der Waals surface area contributed by atoms with Crippen molar-refractivity contribution in [3.63, 3.8) is 0 Å². The Bertz CT molecular complexity index is 1170. The highest BCUT2D eigenvalue weighted by molar-refractivity contribution is 5.99. The first-order valence-electron chi connectivity index (χ1n) is 10.6. The number of fused-ring (bicyclic) bond motifs is 2. The number of morpholine rings is 1. The maximum Gasteiger partial charge on any atom is 0.290 e. The first kappa shape index (κ1) is 19.9. The van der Waals surface area contributed by atoms with Crippen LogP contribution in [-0.4, -0.2) is 55.1 Å². The molecule has 0 saturated carbocycles. The quantitative estimate of drug-likeness (QED) is 0.632. The van der Waals surface area contributed by atoms with E-state index in [0.29, 0.717) is 12.1 Å². The topological polar surface area (TPSA) is 63.0 Å². The number of ether oxygens (including phenoxy) is 1. The number of hydrogen-bond donors (Lipinski definition) is 0. The largest absolute Gasteiger partial charge is 0.450 e. The van der Waals surface area contributed by atoms with E-state index in [1.54, 1.807) is 4.90 Å².